The summed E-state index contributed by atoms with van der Waals surface area (Å²) in [5.74, 6) is 1.70. The molecule has 1 unspecified atom stereocenters. The molecule has 0 aliphatic heterocycles. The maximum absolute atomic E-state index is 12.1. The van der Waals surface area contributed by atoms with E-state index in [1.165, 1.54) is 0 Å². The Bertz CT molecular complexity index is 675. The molecular weight excluding hydrogens is 294 g/mol. The summed E-state index contributed by atoms with van der Waals surface area (Å²) >= 11 is 0. The average Bonchev–Trinajstić information content (AvgIpc) is 2.83. The van der Waals surface area contributed by atoms with Crippen LogP contribution in [0, 0.1) is 13.8 Å². The van der Waals surface area contributed by atoms with Crippen LogP contribution in [0.5, 0.6) is 5.75 Å². The number of aliphatic hydroxyl groups is 1. The normalized spacial score (nSPS) is 12.3. The van der Waals surface area contributed by atoms with E-state index in [1.54, 1.807) is 32.0 Å². The summed E-state index contributed by atoms with van der Waals surface area (Å²) < 4.78 is 10.9. The van der Waals surface area contributed by atoms with Gasteiger partial charge in [-0.05, 0) is 51.5 Å². The topological polar surface area (TPSA) is 71.7 Å². The van der Waals surface area contributed by atoms with E-state index in [2.05, 4.69) is 5.32 Å². The molecule has 0 saturated carbocycles. The Hall–Kier alpha value is -2.27. The number of ether oxygens (including phenoxy) is 1. The Balaban J connectivity index is 1.98. The predicted molar refractivity (Wildman–Crippen MR) is 87.7 cm³/mol. The molecule has 0 aliphatic carbocycles. The number of amides is 1. The molecular formula is C18H23NO4. The highest BCUT2D eigenvalue weighted by Gasteiger charge is 2.15. The minimum Gasteiger partial charge on any atom is -0.491 e. The van der Waals surface area contributed by atoms with Crippen LogP contribution >= 0.6 is 0 Å². The van der Waals surface area contributed by atoms with E-state index in [0.717, 1.165) is 0 Å². The number of hydrogen-bond donors (Lipinski definition) is 2. The minimum absolute atomic E-state index is 0.0643. The lowest BCUT2D eigenvalue weighted by atomic mass is 10.1. The Morgan fingerprint density at radius 2 is 2.04 bits per heavy atom. The van der Waals surface area contributed by atoms with E-state index in [4.69, 9.17) is 9.15 Å². The average molecular weight is 317 g/mol. The number of nitrogens with one attached hydrogen (secondary N) is 1. The fourth-order valence-corrected chi connectivity index (χ4v) is 2.33. The Kier molecular flexibility index (Phi) is 5.45. The van der Waals surface area contributed by atoms with E-state index in [9.17, 15) is 9.90 Å². The molecule has 2 aromatic rings. The first-order chi connectivity index (χ1) is 10.9. The second-order valence-corrected chi connectivity index (χ2v) is 5.79. The lowest BCUT2D eigenvalue weighted by molar-refractivity contribution is 0.0914. The van der Waals surface area contributed by atoms with Gasteiger partial charge in [0.05, 0.1) is 17.8 Å². The monoisotopic (exact) mass is 317 g/mol. The smallest absolute Gasteiger partial charge is 0.254 e. The molecule has 2 rings (SSSR count). The number of aryl methyl sites for hydroxylation is 2. The van der Waals surface area contributed by atoms with Gasteiger partial charge in [-0.25, -0.2) is 0 Å². The summed E-state index contributed by atoms with van der Waals surface area (Å²) in [6.07, 6.45) is -0.739. The van der Waals surface area contributed by atoms with Gasteiger partial charge in [0.15, 0.2) is 0 Å². The molecule has 0 fully saturated rings. The van der Waals surface area contributed by atoms with Gasteiger partial charge in [0.2, 0.25) is 0 Å². The van der Waals surface area contributed by atoms with Crippen molar-refractivity contribution in [3.63, 3.8) is 0 Å². The van der Waals surface area contributed by atoms with Crippen molar-refractivity contribution in [2.24, 2.45) is 0 Å². The van der Waals surface area contributed by atoms with Gasteiger partial charge in [-0.2, -0.15) is 0 Å². The van der Waals surface area contributed by atoms with E-state index < -0.39 is 6.10 Å². The largest absolute Gasteiger partial charge is 0.491 e. The molecule has 23 heavy (non-hydrogen) atoms. The van der Waals surface area contributed by atoms with Crippen molar-refractivity contribution in [3.8, 4) is 5.75 Å². The van der Waals surface area contributed by atoms with Gasteiger partial charge in [0.1, 0.15) is 17.3 Å². The third kappa shape index (κ3) is 4.60. The van der Waals surface area contributed by atoms with E-state index in [-0.39, 0.29) is 18.6 Å². The van der Waals surface area contributed by atoms with Crippen molar-refractivity contribution in [2.75, 3.05) is 6.54 Å². The molecule has 0 radical (unpaired) electrons. The molecule has 0 saturated heterocycles. The predicted octanol–water partition coefficient (Wildman–Crippen LogP) is 3.15. The van der Waals surface area contributed by atoms with Crippen LogP contribution in [0.1, 0.15) is 47.4 Å². The van der Waals surface area contributed by atoms with Crippen LogP contribution in [0.2, 0.25) is 0 Å². The SMILES string of the molecule is Cc1cc(C(=O)NCC(O)c2cccc(OC(C)C)c2)c(C)o1. The third-order valence-corrected chi connectivity index (χ3v) is 3.36. The molecule has 124 valence electrons. The molecule has 0 spiro atoms. The molecule has 2 N–H and O–H groups in total. The van der Waals surface area contributed by atoms with Gasteiger partial charge in [0.25, 0.3) is 5.91 Å². The molecule has 5 heteroatoms. The fraction of sp³-hybridized carbons (Fsp3) is 0.389. The highest BCUT2D eigenvalue weighted by atomic mass is 16.5. The summed E-state index contributed by atoms with van der Waals surface area (Å²) in [5, 5.41) is 13.0. The van der Waals surface area contributed by atoms with Crippen LogP contribution in [-0.2, 0) is 0 Å². The standard InChI is InChI=1S/C18H23NO4/c1-11(2)22-15-7-5-6-14(9-15)17(20)10-19-18(21)16-8-12(3)23-13(16)4/h5-9,11,17,20H,10H2,1-4H3,(H,19,21). The number of aliphatic hydroxyl groups excluding tert-OH is 1. The maximum atomic E-state index is 12.1. The second-order valence-electron chi connectivity index (χ2n) is 5.79. The van der Waals surface area contributed by atoms with Crippen molar-refractivity contribution in [2.45, 2.75) is 39.9 Å². The van der Waals surface area contributed by atoms with Crippen molar-refractivity contribution in [3.05, 3.63) is 53.0 Å². The lowest BCUT2D eigenvalue weighted by Crippen LogP contribution is -2.28. The molecule has 0 bridgehead atoms. The van der Waals surface area contributed by atoms with Gasteiger partial charge in [-0.15, -0.1) is 0 Å². The highest BCUT2D eigenvalue weighted by molar-refractivity contribution is 5.95. The van der Waals surface area contributed by atoms with Gasteiger partial charge in [0, 0.05) is 6.54 Å². The quantitative estimate of drug-likeness (QED) is 0.858. The zero-order chi connectivity index (χ0) is 17.0. The van der Waals surface area contributed by atoms with Crippen molar-refractivity contribution in [1.29, 1.82) is 0 Å². The van der Waals surface area contributed by atoms with E-state index in [0.29, 0.717) is 28.4 Å². The van der Waals surface area contributed by atoms with Gasteiger partial charge in [-0.1, -0.05) is 12.1 Å². The molecule has 1 heterocycles. The van der Waals surface area contributed by atoms with Crippen LogP contribution in [-0.4, -0.2) is 23.7 Å². The minimum atomic E-state index is -0.803. The maximum Gasteiger partial charge on any atom is 0.254 e. The van der Waals surface area contributed by atoms with Crippen molar-refractivity contribution >= 4 is 5.91 Å². The zero-order valence-electron chi connectivity index (χ0n) is 13.9. The van der Waals surface area contributed by atoms with Crippen molar-refractivity contribution < 1.29 is 19.1 Å². The lowest BCUT2D eigenvalue weighted by Gasteiger charge is -2.15. The number of carbonyl (C=O) groups is 1. The number of benzene rings is 1. The summed E-state index contributed by atoms with van der Waals surface area (Å²) in [6, 6.07) is 8.93. The second kappa shape index (κ2) is 7.33. The summed E-state index contributed by atoms with van der Waals surface area (Å²) in [6.45, 7) is 7.54. The summed E-state index contributed by atoms with van der Waals surface area (Å²) in [5.41, 5.74) is 1.19. The number of furan rings is 1. The highest BCUT2D eigenvalue weighted by Crippen LogP contribution is 2.20. The molecule has 0 aliphatic rings. The van der Waals surface area contributed by atoms with Crippen molar-refractivity contribution in [1.82, 2.24) is 5.32 Å². The van der Waals surface area contributed by atoms with Gasteiger partial charge < -0.3 is 19.6 Å². The molecule has 1 aromatic carbocycles. The first-order valence-corrected chi connectivity index (χ1v) is 7.66. The summed E-state index contributed by atoms with van der Waals surface area (Å²) in [7, 11) is 0. The Labute approximate surface area is 136 Å². The zero-order valence-corrected chi connectivity index (χ0v) is 13.9. The van der Waals surface area contributed by atoms with E-state index in [1.807, 2.05) is 26.0 Å². The molecule has 1 amide bonds. The van der Waals surface area contributed by atoms with Gasteiger partial charge in [-0.3, -0.25) is 4.79 Å². The first-order valence-electron chi connectivity index (χ1n) is 7.66. The number of hydrogen-bond acceptors (Lipinski definition) is 4. The molecule has 1 aromatic heterocycles. The third-order valence-electron chi connectivity index (χ3n) is 3.36. The van der Waals surface area contributed by atoms with Gasteiger partial charge >= 0.3 is 0 Å². The van der Waals surface area contributed by atoms with Crippen LogP contribution in [0.25, 0.3) is 0 Å². The summed E-state index contributed by atoms with van der Waals surface area (Å²) in [4.78, 5) is 12.1. The Morgan fingerprint density at radius 1 is 1.30 bits per heavy atom. The molecule has 1 atom stereocenters. The molecule has 5 nitrogen and oxygen atoms in total. The van der Waals surface area contributed by atoms with Crippen LogP contribution in [0.3, 0.4) is 0 Å². The number of rotatable bonds is 6. The fourth-order valence-electron chi connectivity index (χ4n) is 2.33. The van der Waals surface area contributed by atoms with Crippen LogP contribution in [0.15, 0.2) is 34.7 Å². The van der Waals surface area contributed by atoms with Crippen LogP contribution in [0.4, 0.5) is 0 Å². The Morgan fingerprint density at radius 3 is 2.65 bits per heavy atom. The number of carbonyl (C=O) groups excluding carboxylic acids is 1. The first kappa shape index (κ1) is 17.1. The van der Waals surface area contributed by atoms with E-state index >= 15 is 0 Å². The van der Waals surface area contributed by atoms with Crippen LogP contribution < -0.4 is 10.1 Å².